The number of benzene rings is 1. The summed E-state index contributed by atoms with van der Waals surface area (Å²) < 4.78 is 0. The van der Waals surface area contributed by atoms with Crippen LogP contribution in [0.5, 0.6) is 0 Å². The molecule has 2 aromatic rings. The number of hydrogen-bond acceptors (Lipinski definition) is 6. The van der Waals surface area contributed by atoms with Crippen molar-refractivity contribution in [1.29, 1.82) is 0 Å². The molecule has 30 heavy (non-hydrogen) atoms. The summed E-state index contributed by atoms with van der Waals surface area (Å²) in [4.78, 5) is 28.9. The number of nitrogens with one attached hydrogen (secondary N) is 1. The van der Waals surface area contributed by atoms with Crippen LogP contribution >= 0.6 is 11.3 Å². The number of carbonyl (C=O) groups is 2. The van der Waals surface area contributed by atoms with Crippen molar-refractivity contribution in [2.24, 2.45) is 0 Å². The van der Waals surface area contributed by atoms with Crippen LogP contribution in [0.2, 0.25) is 0 Å². The first-order valence-corrected chi connectivity index (χ1v) is 11.3. The quantitative estimate of drug-likeness (QED) is 0.732. The van der Waals surface area contributed by atoms with E-state index in [4.69, 9.17) is 0 Å². The molecular weight excluding hydrogens is 398 g/mol. The maximum absolute atomic E-state index is 12.5. The van der Waals surface area contributed by atoms with Gasteiger partial charge in [0, 0.05) is 51.0 Å². The third kappa shape index (κ3) is 6.60. The number of anilines is 1. The molecule has 0 radical (unpaired) electrons. The van der Waals surface area contributed by atoms with Gasteiger partial charge in [-0.05, 0) is 12.0 Å². The van der Waals surface area contributed by atoms with Gasteiger partial charge >= 0.3 is 0 Å². The maximum Gasteiger partial charge on any atom is 0.226 e. The van der Waals surface area contributed by atoms with Crippen LogP contribution in [0.15, 0.2) is 30.3 Å². The highest BCUT2D eigenvalue weighted by Gasteiger charge is 2.22. The van der Waals surface area contributed by atoms with Gasteiger partial charge < -0.3 is 10.2 Å². The molecule has 2 heterocycles. The van der Waals surface area contributed by atoms with Crippen molar-refractivity contribution >= 4 is 28.3 Å². The molecule has 0 atom stereocenters. The van der Waals surface area contributed by atoms with Crippen LogP contribution in [0.3, 0.4) is 0 Å². The largest absolute Gasteiger partial charge is 0.340 e. The van der Waals surface area contributed by atoms with E-state index in [1.54, 1.807) is 0 Å². The summed E-state index contributed by atoms with van der Waals surface area (Å²) in [6.45, 7) is 10.4. The highest BCUT2D eigenvalue weighted by Crippen LogP contribution is 2.27. The Labute approximate surface area is 182 Å². The number of amides is 2. The Morgan fingerprint density at radius 2 is 1.73 bits per heavy atom. The lowest BCUT2D eigenvalue weighted by molar-refractivity contribution is -0.134. The van der Waals surface area contributed by atoms with E-state index in [0.717, 1.165) is 44.2 Å². The highest BCUT2D eigenvalue weighted by molar-refractivity contribution is 7.15. The fourth-order valence-corrected chi connectivity index (χ4v) is 4.11. The van der Waals surface area contributed by atoms with E-state index in [9.17, 15) is 9.59 Å². The molecule has 7 nitrogen and oxygen atoms in total. The molecule has 3 rings (SSSR count). The van der Waals surface area contributed by atoms with Crippen LogP contribution in [0.1, 0.15) is 44.2 Å². The lowest BCUT2D eigenvalue weighted by Crippen LogP contribution is -2.49. The summed E-state index contributed by atoms with van der Waals surface area (Å²) in [5, 5.41) is 12.3. The summed E-state index contributed by atoms with van der Waals surface area (Å²) in [5.41, 5.74) is 1.24. The standard InChI is InChI=1S/C22H31N5O2S/c1-22(2,3)20-24-25-21(30-20)23-18(28)9-10-19(29)27-15-13-26(14-16-27)12-11-17-7-5-4-6-8-17/h4-8H,9-16H2,1-3H3,(H,23,25,28). The maximum atomic E-state index is 12.5. The SMILES string of the molecule is CC(C)(C)c1nnc(NC(=O)CCC(=O)N2CCN(CCc3ccccc3)CC2)s1. The molecule has 0 saturated carbocycles. The molecule has 1 saturated heterocycles. The lowest BCUT2D eigenvalue weighted by Gasteiger charge is -2.34. The molecule has 1 aromatic carbocycles. The third-order valence-corrected chi connectivity index (χ3v) is 6.43. The molecule has 1 aliphatic heterocycles. The number of aromatic nitrogens is 2. The minimum atomic E-state index is -0.193. The fourth-order valence-electron chi connectivity index (χ4n) is 3.29. The van der Waals surface area contributed by atoms with Crippen molar-refractivity contribution < 1.29 is 9.59 Å². The normalized spacial score (nSPS) is 15.2. The van der Waals surface area contributed by atoms with Crippen molar-refractivity contribution in [1.82, 2.24) is 20.0 Å². The Bertz CT molecular complexity index is 839. The second kappa shape index (κ2) is 10.1. The Balaban J connectivity index is 1.35. The summed E-state index contributed by atoms with van der Waals surface area (Å²) in [6.07, 6.45) is 1.41. The van der Waals surface area contributed by atoms with Gasteiger partial charge in [-0.1, -0.05) is 62.4 Å². The molecule has 0 aliphatic carbocycles. The molecule has 0 spiro atoms. The molecule has 162 valence electrons. The second-order valence-corrected chi connectivity index (χ2v) is 9.65. The molecule has 1 aromatic heterocycles. The predicted octanol–water partition coefficient (Wildman–Crippen LogP) is 2.94. The monoisotopic (exact) mass is 429 g/mol. The number of carbonyl (C=O) groups excluding carboxylic acids is 2. The summed E-state index contributed by atoms with van der Waals surface area (Å²) >= 11 is 1.38. The van der Waals surface area contributed by atoms with Crippen LogP contribution < -0.4 is 5.32 Å². The molecule has 0 unspecified atom stereocenters. The first-order valence-electron chi connectivity index (χ1n) is 10.5. The Kier molecular flexibility index (Phi) is 7.55. The van der Waals surface area contributed by atoms with E-state index < -0.39 is 0 Å². The minimum absolute atomic E-state index is 0.0421. The molecular formula is C22H31N5O2S. The van der Waals surface area contributed by atoms with Crippen molar-refractivity contribution in [3.8, 4) is 0 Å². The number of rotatable bonds is 7. The van der Waals surface area contributed by atoms with E-state index >= 15 is 0 Å². The van der Waals surface area contributed by atoms with Crippen LogP contribution in [-0.4, -0.2) is 64.5 Å². The Morgan fingerprint density at radius 1 is 1.03 bits per heavy atom. The highest BCUT2D eigenvalue weighted by atomic mass is 32.1. The molecule has 1 aliphatic rings. The van der Waals surface area contributed by atoms with E-state index in [2.05, 4.69) is 65.5 Å². The Hall–Kier alpha value is -2.32. The average molecular weight is 430 g/mol. The van der Waals surface area contributed by atoms with Gasteiger partial charge in [0.05, 0.1) is 0 Å². The predicted molar refractivity (Wildman–Crippen MR) is 120 cm³/mol. The zero-order valence-corrected chi connectivity index (χ0v) is 18.9. The lowest BCUT2D eigenvalue weighted by atomic mass is 9.98. The van der Waals surface area contributed by atoms with E-state index in [1.165, 1.54) is 16.9 Å². The fraction of sp³-hybridized carbons (Fsp3) is 0.545. The minimum Gasteiger partial charge on any atom is -0.340 e. The zero-order chi connectivity index (χ0) is 21.6. The van der Waals surface area contributed by atoms with Gasteiger partial charge in [0.1, 0.15) is 5.01 Å². The summed E-state index contributed by atoms with van der Waals surface area (Å²) in [6, 6.07) is 10.5. The summed E-state index contributed by atoms with van der Waals surface area (Å²) in [5.74, 6) is -0.151. The molecule has 0 bridgehead atoms. The van der Waals surface area contributed by atoms with E-state index in [-0.39, 0.29) is 30.1 Å². The van der Waals surface area contributed by atoms with Gasteiger partial charge in [0.2, 0.25) is 16.9 Å². The molecule has 2 amide bonds. The third-order valence-electron chi connectivity index (χ3n) is 5.16. The number of hydrogen-bond donors (Lipinski definition) is 1. The van der Waals surface area contributed by atoms with Crippen molar-refractivity contribution in [3.63, 3.8) is 0 Å². The average Bonchev–Trinajstić information content (AvgIpc) is 3.21. The smallest absolute Gasteiger partial charge is 0.226 e. The summed E-state index contributed by atoms with van der Waals surface area (Å²) in [7, 11) is 0. The van der Waals surface area contributed by atoms with Crippen molar-refractivity contribution in [3.05, 3.63) is 40.9 Å². The Morgan fingerprint density at radius 3 is 2.37 bits per heavy atom. The van der Waals surface area contributed by atoms with Gasteiger partial charge in [-0.2, -0.15) is 0 Å². The molecule has 8 heteroatoms. The number of nitrogens with zero attached hydrogens (tertiary/aromatic N) is 4. The topological polar surface area (TPSA) is 78.4 Å². The van der Waals surface area contributed by atoms with Crippen LogP contribution in [-0.2, 0) is 21.4 Å². The first kappa shape index (κ1) is 22.4. The second-order valence-electron chi connectivity index (χ2n) is 8.67. The van der Waals surface area contributed by atoms with Gasteiger partial charge in [0.15, 0.2) is 0 Å². The van der Waals surface area contributed by atoms with Crippen LogP contribution in [0, 0.1) is 0 Å². The molecule has 1 N–H and O–H groups in total. The van der Waals surface area contributed by atoms with Gasteiger partial charge in [-0.15, -0.1) is 10.2 Å². The van der Waals surface area contributed by atoms with Crippen molar-refractivity contribution in [2.45, 2.75) is 45.4 Å². The molecule has 1 fully saturated rings. The van der Waals surface area contributed by atoms with E-state index in [1.807, 2.05) is 11.0 Å². The van der Waals surface area contributed by atoms with Crippen LogP contribution in [0.4, 0.5) is 5.13 Å². The van der Waals surface area contributed by atoms with Crippen LogP contribution in [0.25, 0.3) is 0 Å². The van der Waals surface area contributed by atoms with Gasteiger partial charge in [-0.25, -0.2) is 0 Å². The first-order chi connectivity index (χ1) is 14.3. The van der Waals surface area contributed by atoms with E-state index in [0.29, 0.717) is 5.13 Å². The van der Waals surface area contributed by atoms with Gasteiger partial charge in [0.25, 0.3) is 0 Å². The van der Waals surface area contributed by atoms with Gasteiger partial charge in [-0.3, -0.25) is 14.5 Å². The zero-order valence-electron chi connectivity index (χ0n) is 18.1. The van der Waals surface area contributed by atoms with Crippen molar-refractivity contribution in [2.75, 3.05) is 38.0 Å². The number of piperazine rings is 1.